The highest BCUT2D eigenvalue weighted by atomic mass is 16.5. The van der Waals surface area contributed by atoms with Gasteiger partial charge < -0.3 is 14.5 Å². The van der Waals surface area contributed by atoms with Gasteiger partial charge in [0.05, 0.1) is 29.1 Å². The summed E-state index contributed by atoms with van der Waals surface area (Å²) in [7, 11) is 1.23. The summed E-state index contributed by atoms with van der Waals surface area (Å²) in [4.78, 5) is 43.4. The maximum atomic E-state index is 12.5. The van der Waals surface area contributed by atoms with E-state index in [2.05, 4.69) is 14.7 Å². The van der Waals surface area contributed by atoms with Gasteiger partial charge in [0, 0.05) is 0 Å². The molecule has 0 aliphatic heterocycles. The van der Waals surface area contributed by atoms with Gasteiger partial charge in [-0.2, -0.15) is 0 Å². The smallest absolute Gasteiger partial charge is 0.339 e. The molecule has 26 heavy (non-hydrogen) atoms. The Morgan fingerprint density at radius 2 is 1.62 bits per heavy atom. The van der Waals surface area contributed by atoms with Crippen molar-refractivity contribution < 1.29 is 19.1 Å². The number of methoxy groups -OCH3 is 1. The van der Waals surface area contributed by atoms with Crippen molar-refractivity contribution in [3.8, 4) is 0 Å². The molecule has 1 N–H and O–H groups in total. The van der Waals surface area contributed by atoms with Crippen LogP contribution in [0.4, 0.5) is 0 Å². The Kier molecular flexibility index (Phi) is 4.79. The molecule has 0 fully saturated rings. The van der Waals surface area contributed by atoms with Crippen LogP contribution in [0.15, 0.2) is 53.3 Å². The monoisotopic (exact) mass is 352 g/mol. The number of aromatic amines is 1. The molecule has 0 bridgehead atoms. The van der Waals surface area contributed by atoms with E-state index in [-0.39, 0.29) is 22.5 Å². The lowest BCUT2D eigenvalue weighted by atomic mass is 10.1. The largest absolute Gasteiger partial charge is 0.465 e. The second kappa shape index (κ2) is 7.18. The molecular formula is C19H16N2O5. The van der Waals surface area contributed by atoms with Crippen LogP contribution in [0, 0.1) is 0 Å². The van der Waals surface area contributed by atoms with Crippen LogP contribution in [0.3, 0.4) is 0 Å². The minimum absolute atomic E-state index is 0.0781. The number of fused-ring (bicyclic) bond motifs is 1. The van der Waals surface area contributed by atoms with Gasteiger partial charge in [0.15, 0.2) is 11.9 Å². The molecule has 1 aromatic heterocycles. The van der Waals surface area contributed by atoms with E-state index >= 15 is 0 Å². The maximum absolute atomic E-state index is 12.5. The van der Waals surface area contributed by atoms with E-state index in [1.807, 2.05) is 0 Å². The number of H-pyrrole nitrogens is 1. The summed E-state index contributed by atoms with van der Waals surface area (Å²) >= 11 is 0. The molecule has 0 amide bonds. The van der Waals surface area contributed by atoms with Gasteiger partial charge in [0.1, 0.15) is 0 Å². The van der Waals surface area contributed by atoms with Crippen LogP contribution >= 0.6 is 0 Å². The Balaban J connectivity index is 1.89. The zero-order valence-corrected chi connectivity index (χ0v) is 14.2. The van der Waals surface area contributed by atoms with Crippen LogP contribution in [-0.2, 0) is 9.47 Å². The number of nitrogens with one attached hydrogen (secondary N) is 1. The van der Waals surface area contributed by atoms with Crippen molar-refractivity contribution in [2.45, 2.75) is 13.0 Å². The fourth-order valence-corrected chi connectivity index (χ4v) is 2.53. The Hall–Kier alpha value is -3.48. The normalized spacial score (nSPS) is 11.8. The summed E-state index contributed by atoms with van der Waals surface area (Å²) in [5, 5.41) is 0.450. The molecule has 0 radical (unpaired) electrons. The second-order valence-electron chi connectivity index (χ2n) is 5.55. The maximum Gasteiger partial charge on any atom is 0.339 e. The van der Waals surface area contributed by atoms with Gasteiger partial charge >= 0.3 is 11.9 Å². The number of nitrogens with zero attached hydrogens (tertiary/aromatic N) is 1. The molecule has 3 rings (SSSR count). The highest BCUT2D eigenvalue weighted by molar-refractivity contribution is 6.03. The predicted molar refractivity (Wildman–Crippen MR) is 94.0 cm³/mol. The van der Waals surface area contributed by atoms with Gasteiger partial charge in [-0.15, -0.1) is 0 Å². The fraction of sp³-hybridized carbons (Fsp3) is 0.158. The van der Waals surface area contributed by atoms with E-state index in [0.29, 0.717) is 10.9 Å². The first-order valence-corrected chi connectivity index (χ1v) is 7.88. The lowest BCUT2D eigenvalue weighted by molar-refractivity contribution is 0.0312. The summed E-state index contributed by atoms with van der Waals surface area (Å²) in [5.41, 5.74) is 0.370. The minimum atomic E-state index is -0.814. The Bertz CT molecular complexity index is 1040. The van der Waals surface area contributed by atoms with Crippen LogP contribution in [-0.4, -0.2) is 29.0 Å². The average molecular weight is 352 g/mol. The predicted octanol–water partition coefficient (Wildman–Crippen LogP) is 2.63. The van der Waals surface area contributed by atoms with Gasteiger partial charge in [-0.25, -0.2) is 14.6 Å². The van der Waals surface area contributed by atoms with Gasteiger partial charge in [-0.1, -0.05) is 24.3 Å². The second-order valence-corrected chi connectivity index (χ2v) is 5.55. The molecular weight excluding hydrogens is 336 g/mol. The molecule has 0 spiro atoms. The highest BCUT2D eigenvalue weighted by Crippen LogP contribution is 2.18. The third-order valence-electron chi connectivity index (χ3n) is 3.85. The SMILES string of the molecule is COC(=O)c1ccccc1C(=O)OC(C)c1nc2ccccc2c(=O)[nH]1. The molecule has 0 aliphatic carbocycles. The molecule has 7 nitrogen and oxygen atoms in total. The van der Waals surface area contributed by atoms with Crippen LogP contribution < -0.4 is 5.56 Å². The van der Waals surface area contributed by atoms with Crippen molar-refractivity contribution in [2.75, 3.05) is 7.11 Å². The summed E-state index contributed by atoms with van der Waals surface area (Å²) in [6, 6.07) is 13.1. The number of aromatic nitrogens is 2. The summed E-state index contributed by atoms with van der Waals surface area (Å²) < 4.78 is 10.1. The Morgan fingerprint density at radius 3 is 2.31 bits per heavy atom. The number of rotatable bonds is 4. The molecule has 0 saturated heterocycles. The fourth-order valence-electron chi connectivity index (χ4n) is 2.53. The molecule has 0 aliphatic rings. The Labute approximate surface area is 148 Å². The van der Waals surface area contributed by atoms with Crippen molar-refractivity contribution >= 4 is 22.8 Å². The van der Waals surface area contributed by atoms with Gasteiger partial charge in [0.25, 0.3) is 5.56 Å². The Morgan fingerprint density at radius 1 is 1.00 bits per heavy atom. The van der Waals surface area contributed by atoms with Crippen molar-refractivity contribution in [1.82, 2.24) is 9.97 Å². The van der Waals surface area contributed by atoms with Crippen molar-refractivity contribution in [3.63, 3.8) is 0 Å². The quantitative estimate of drug-likeness (QED) is 0.725. The highest BCUT2D eigenvalue weighted by Gasteiger charge is 2.22. The van der Waals surface area contributed by atoms with Gasteiger partial charge in [0.2, 0.25) is 0 Å². The van der Waals surface area contributed by atoms with E-state index < -0.39 is 18.0 Å². The lowest BCUT2D eigenvalue weighted by Gasteiger charge is -2.14. The van der Waals surface area contributed by atoms with Crippen molar-refractivity contribution in [3.05, 3.63) is 75.8 Å². The molecule has 2 aromatic carbocycles. The molecule has 132 valence electrons. The number of benzene rings is 2. The standard InChI is InChI=1S/C19H16N2O5/c1-11(16-20-15-10-6-5-9-14(15)17(22)21-16)26-19(24)13-8-4-3-7-12(13)18(23)25-2/h3-11H,1-2H3,(H,20,21,22). The van der Waals surface area contributed by atoms with Crippen LogP contribution in [0.2, 0.25) is 0 Å². The van der Waals surface area contributed by atoms with E-state index in [1.165, 1.54) is 19.2 Å². The van der Waals surface area contributed by atoms with E-state index in [9.17, 15) is 14.4 Å². The third kappa shape index (κ3) is 3.32. The van der Waals surface area contributed by atoms with Crippen LogP contribution in [0.5, 0.6) is 0 Å². The first kappa shape index (κ1) is 17.3. The lowest BCUT2D eigenvalue weighted by Crippen LogP contribution is -2.19. The summed E-state index contributed by atoms with van der Waals surface area (Å²) in [5.74, 6) is -1.13. The number of hydrogen-bond donors (Lipinski definition) is 1. The number of carbonyl (C=O) groups is 2. The van der Waals surface area contributed by atoms with E-state index in [0.717, 1.165) is 0 Å². The summed E-state index contributed by atoms with van der Waals surface area (Å²) in [6.07, 6.45) is -0.814. The zero-order chi connectivity index (χ0) is 18.7. The number of esters is 2. The minimum Gasteiger partial charge on any atom is -0.465 e. The van der Waals surface area contributed by atoms with Crippen molar-refractivity contribution in [1.29, 1.82) is 0 Å². The molecule has 3 aromatic rings. The number of carbonyl (C=O) groups excluding carboxylic acids is 2. The number of ether oxygens (including phenoxy) is 2. The number of hydrogen-bond acceptors (Lipinski definition) is 6. The molecule has 0 saturated carbocycles. The first-order chi connectivity index (χ1) is 12.5. The van der Waals surface area contributed by atoms with Gasteiger partial charge in [-0.3, -0.25) is 4.79 Å². The van der Waals surface area contributed by atoms with Gasteiger partial charge in [-0.05, 0) is 31.2 Å². The van der Waals surface area contributed by atoms with Crippen LogP contribution in [0.25, 0.3) is 10.9 Å². The topological polar surface area (TPSA) is 98.3 Å². The zero-order valence-electron chi connectivity index (χ0n) is 14.2. The third-order valence-corrected chi connectivity index (χ3v) is 3.85. The number of para-hydroxylation sites is 1. The molecule has 1 heterocycles. The van der Waals surface area contributed by atoms with E-state index in [4.69, 9.17) is 4.74 Å². The molecule has 7 heteroatoms. The molecule has 1 unspecified atom stereocenters. The average Bonchev–Trinajstić information content (AvgIpc) is 2.67. The summed E-state index contributed by atoms with van der Waals surface area (Å²) in [6.45, 7) is 1.59. The van der Waals surface area contributed by atoms with Crippen molar-refractivity contribution in [2.24, 2.45) is 0 Å². The van der Waals surface area contributed by atoms with E-state index in [1.54, 1.807) is 43.3 Å². The molecule has 1 atom stereocenters. The first-order valence-electron chi connectivity index (χ1n) is 7.88. The van der Waals surface area contributed by atoms with Crippen LogP contribution in [0.1, 0.15) is 39.6 Å².